The highest BCUT2D eigenvalue weighted by molar-refractivity contribution is 7.92. The molecule has 0 atom stereocenters. The van der Waals surface area contributed by atoms with Gasteiger partial charge in [0, 0.05) is 16.0 Å². The van der Waals surface area contributed by atoms with Gasteiger partial charge in [-0.25, -0.2) is 13.4 Å². The summed E-state index contributed by atoms with van der Waals surface area (Å²) in [6, 6.07) is 26.2. The highest BCUT2D eigenvalue weighted by Crippen LogP contribution is 2.31. The Labute approximate surface area is 211 Å². The van der Waals surface area contributed by atoms with Gasteiger partial charge in [-0.15, -0.1) is 11.3 Å². The smallest absolute Gasteiger partial charge is 0.261 e. The van der Waals surface area contributed by atoms with Crippen molar-refractivity contribution in [3.63, 3.8) is 0 Å². The van der Waals surface area contributed by atoms with Gasteiger partial charge in [-0.2, -0.15) is 0 Å². The van der Waals surface area contributed by atoms with E-state index < -0.39 is 15.9 Å². The number of fused-ring (bicyclic) bond motifs is 1. The predicted octanol–water partition coefficient (Wildman–Crippen LogP) is 6.67. The van der Waals surface area contributed by atoms with Crippen LogP contribution in [-0.2, 0) is 10.0 Å². The molecule has 0 fully saturated rings. The topological polar surface area (TPSA) is 88.2 Å². The van der Waals surface area contributed by atoms with Crippen LogP contribution in [0.1, 0.15) is 10.4 Å². The summed E-state index contributed by atoms with van der Waals surface area (Å²) in [6.45, 7) is 0. The molecule has 6 nitrogen and oxygen atoms in total. The van der Waals surface area contributed by atoms with Crippen molar-refractivity contribution >= 4 is 60.5 Å². The Hall–Kier alpha value is -3.72. The van der Waals surface area contributed by atoms with E-state index in [2.05, 4.69) is 15.0 Å². The predicted molar refractivity (Wildman–Crippen MR) is 142 cm³/mol. The third kappa shape index (κ3) is 4.90. The number of halogens is 1. The fraction of sp³-hybridized carbons (Fsp3) is 0. The highest BCUT2D eigenvalue weighted by Gasteiger charge is 2.19. The summed E-state index contributed by atoms with van der Waals surface area (Å²) in [5.41, 5.74) is 2.05. The third-order valence-corrected chi connectivity index (χ3v) is 7.72. The Morgan fingerprint density at radius 1 is 0.857 bits per heavy atom. The molecule has 1 aromatic heterocycles. The van der Waals surface area contributed by atoms with Crippen molar-refractivity contribution in [3.05, 3.63) is 107 Å². The van der Waals surface area contributed by atoms with E-state index in [1.54, 1.807) is 18.2 Å². The van der Waals surface area contributed by atoms with E-state index >= 15 is 0 Å². The summed E-state index contributed by atoms with van der Waals surface area (Å²) in [4.78, 5) is 17.7. The summed E-state index contributed by atoms with van der Waals surface area (Å²) < 4.78 is 28.1. The summed E-state index contributed by atoms with van der Waals surface area (Å²) in [7, 11) is -3.91. The summed E-state index contributed by atoms with van der Waals surface area (Å²) in [5, 5.41) is 7.68. The lowest BCUT2D eigenvalue weighted by Crippen LogP contribution is -2.18. The van der Waals surface area contributed by atoms with Gasteiger partial charge in [0.15, 0.2) is 5.13 Å². The fourth-order valence-corrected chi connectivity index (χ4v) is 5.57. The van der Waals surface area contributed by atoms with E-state index in [1.165, 1.54) is 41.7 Å². The number of rotatable bonds is 6. The molecule has 5 rings (SSSR count). The first-order valence-electron chi connectivity index (χ1n) is 10.5. The highest BCUT2D eigenvalue weighted by atomic mass is 35.5. The van der Waals surface area contributed by atoms with E-state index in [1.807, 2.05) is 47.8 Å². The quantitative estimate of drug-likeness (QED) is 0.262. The van der Waals surface area contributed by atoms with Gasteiger partial charge in [0.1, 0.15) is 0 Å². The maximum absolute atomic E-state index is 13.1. The van der Waals surface area contributed by atoms with Crippen molar-refractivity contribution in [2.45, 2.75) is 4.90 Å². The van der Waals surface area contributed by atoms with E-state index in [4.69, 9.17) is 11.6 Å². The molecular weight excluding hydrogens is 502 g/mol. The molecule has 0 aliphatic rings. The van der Waals surface area contributed by atoms with E-state index in [-0.39, 0.29) is 16.1 Å². The molecule has 1 amide bonds. The van der Waals surface area contributed by atoms with Crippen LogP contribution in [0.25, 0.3) is 22.0 Å². The molecule has 5 aromatic rings. The first-order chi connectivity index (χ1) is 16.9. The number of nitrogens with zero attached hydrogens (tertiary/aromatic N) is 1. The maximum atomic E-state index is 13.1. The molecule has 1 heterocycles. The maximum Gasteiger partial charge on any atom is 0.261 e. The lowest BCUT2D eigenvalue weighted by molar-refractivity contribution is 0.102. The van der Waals surface area contributed by atoms with Gasteiger partial charge in [-0.1, -0.05) is 66.2 Å². The first kappa shape index (κ1) is 23.0. The van der Waals surface area contributed by atoms with Crippen LogP contribution < -0.4 is 10.0 Å². The number of sulfonamides is 1. The summed E-state index contributed by atoms with van der Waals surface area (Å²) >= 11 is 7.16. The number of anilines is 2. The molecule has 0 spiro atoms. The Morgan fingerprint density at radius 2 is 1.57 bits per heavy atom. The van der Waals surface area contributed by atoms with Crippen LogP contribution in [0.2, 0.25) is 5.02 Å². The Balaban J connectivity index is 1.39. The number of benzene rings is 4. The minimum absolute atomic E-state index is 0.0387. The third-order valence-electron chi connectivity index (χ3n) is 5.33. The van der Waals surface area contributed by atoms with E-state index in [9.17, 15) is 13.2 Å². The number of thiazole rings is 1. The first-order valence-corrected chi connectivity index (χ1v) is 13.3. The monoisotopic (exact) mass is 519 g/mol. The zero-order valence-corrected chi connectivity index (χ0v) is 20.5. The second-order valence-electron chi connectivity index (χ2n) is 7.62. The number of para-hydroxylation sites is 1. The number of hydrogen-bond acceptors (Lipinski definition) is 5. The number of amides is 1. The molecule has 0 saturated carbocycles. The summed E-state index contributed by atoms with van der Waals surface area (Å²) in [5.74, 6) is -0.474. The van der Waals surface area contributed by atoms with Crippen molar-refractivity contribution < 1.29 is 13.2 Å². The number of carbonyl (C=O) groups is 1. The average molecular weight is 520 g/mol. The Bertz CT molecular complexity index is 1640. The molecular formula is C26H18ClN3O3S2. The van der Waals surface area contributed by atoms with Gasteiger partial charge in [-0.05, 0) is 47.2 Å². The van der Waals surface area contributed by atoms with Crippen LogP contribution in [-0.4, -0.2) is 19.3 Å². The van der Waals surface area contributed by atoms with Gasteiger partial charge >= 0.3 is 0 Å². The van der Waals surface area contributed by atoms with Crippen molar-refractivity contribution in [2.75, 3.05) is 10.0 Å². The Morgan fingerprint density at radius 3 is 2.40 bits per heavy atom. The molecule has 0 unspecified atom stereocenters. The van der Waals surface area contributed by atoms with Crippen LogP contribution in [0.4, 0.5) is 10.8 Å². The number of aromatic nitrogens is 1. The minimum atomic E-state index is -3.91. The molecule has 174 valence electrons. The van der Waals surface area contributed by atoms with Gasteiger partial charge in [0.2, 0.25) is 0 Å². The van der Waals surface area contributed by atoms with Crippen molar-refractivity contribution in [1.82, 2.24) is 4.98 Å². The van der Waals surface area contributed by atoms with Crippen molar-refractivity contribution in [3.8, 4) is 11.3 Å². The summed E-state index contributed by atoms with van der Waals surface area (Å²) in [6.07, 6.45) is 0. The molecule has 0 aliphatic heterocycles. The fourth-order valence-electron chi connectivity index (χ4n) is 3.66. The molecule has 0 radical (unpaired) electrons. The molecule has 9 heteroatoms. The van der Waals surface area contributed by atoms with Crippen LogP contribution in [0.15, 0.2) is 101 Å². The van der Waals surface area contributed by atoms with Crippen LogP contribution >= 0.6 is 22.9 Å². The van der Waals surface area contributed by atoms with E-state index in [0.717, 1.165) is 22.0 Å². The second kappa shape index (κ2) is 9.50. The zero-order valence-electron chi connectivity index (χ0n) is 18.1. The van der Waals surface area contributed by atoms with E-state index in [0.29, 0.717) is 10.2 Å². The van der Waals surface area contributed by atoms with Crippen molar-refractivity contribution in [2.24, 2.45) is 0 Å². The van der Waals surface area contributed by atoms with Gasteiger partial charge in [0.25, 0.3) is 15.9 Å². The largest absolute Gasteiger partial charge is 0.298 e. The lowest BCUT2D eigenvalue weighted by Gasteiger charge is -2.12. The minimum Gasteiger partial charge on any atom is -0.298 e. The molecule has 35 heavy (non-hydrogen) atoms. The standard InChI is InChI=1S/C26H18ClN3O3S2/c27-18-12-14-19(15-13-18)35(32,33)30-23-11-4-3-9-22(23)25(31)29-26-28-24(16-34-26)21-10-5-7-17-6-1-2-8-20(17)21/h1-16,30H,(H,28,29,31). The van der Waals surface area contributed by atoms with Crippen molar-refractivity contribution in [1.29, 1.82) is 0 Å². The molecule has 2 N–H and O–H groups in total. The van der Waals surface area contributed by atoms with Crippen LogP contribution in [0.3, 0.4) is 0 Å². The van der Waals surface area contributed by atoms with Gasteiger partial charge in [0.05, 0.1) is 21.8 Å². The lowest BCUT2D eigenvalue weighted by atomic mass is 10.0. The number of nitrogens with one attached hydrogen (secondary N) is 2. The second-order valence-corrected chi connectivity index (χ2v) is 10.6. The molecule has 4 aromatic carbocycles. The van der Waals surface area contributed by atoms with Gasteiger partial charge in [-0.3, -0.25) is 14.8 Å². The normalized spacial score (nSPS) is 11.3. The van der Waals surface area contributed by atoms with Crippen LogP contribution in [0, 0.1) is 0 Å². The Kier molecular flexibility index (Phi) is 6.25. The average Bonchev–Trinajstić information content (AvgIpc) is 3.32. The molecule has 0 bridgehead atoms. The van der Waals surface area contributed by atoms with Gasteiger partial charge < -0.3 is 0 Å². The van der Waals surface area contributed by atoms with Crippen LogP contribution in [0.5, 0.6) is 0 Å². The zero-order chi connectivity index (χ0) is 24.4. The molecule has 0 aliphatic carbocycles. The number of hydrogen-bond donors (Lipinski definition) is 2. The SMILES string of the molecule is O=C(Nc1nc(-c2cccc3ccccc23)cs1)c1ccccc1NS(=O)(=O)c1ccc(Cl)cc1. The molecule has 0 saturated heterocycles. The number of carbonyl (C=O) groups excluding carboxylic acids is 1.